The third kappa shape index (κ3) is 24.2. The van der Waals surface area contributed by atoms with Gasteiger partial charge in [-0.05, 0) is 151 Å². The zero-order chi connectivity index (χ0) is 66.4. The summed E-state index contributed by atoms with van der Waals surface area (Å²) < 4.78 is 0. The molecule has 8 amide bonds. The Morgan fingerprint density at radius 3 is 1.24 bits per heavy atom. The van der Waals surface area contributed by atoms with Crippen molar-refractivity contribution in [2.24, 2.45) is 22.0 Å². The summed E-state index contributed by atoms with van der Waals surface area (Å²) >= 11 is 1.44. The Bertz CT molecular complexity index is 3270. The number of unbranched alkanes of at least 4 members (excludes halogenated alkanes) is 1. The van der Waals surface area contributed by atoms with Gasteiger partial charge in [0.25, 0.3) is 35.4 Å². The molecule has 0 radical (unpaired) electrons. The second-order valence-electron chi connectivity index (χ2n) is 25.3. The number of nitrogens with two attached hydrogens (primary N) is 1. The van der Waals surface area contributed by atoms with Gasteiger partial charge in [-0.15, -0.1) is 29.5 Å². The van der Waals surface area contributed by atoms with Crippen molar-refractivity contribution in [1.82, 2.24) is 25.3 Å². The van der Waals surface area contributed by atoms with Gasteiger partial charge >= 0.3 is 5.97 Å². The molecular weight excluding hydrogens is 1180 g/mol. The van der Waals surface area contributed by atoms with Crippen LogP contribution < -0.4 is 16.4 Å². The molecule has 3 aromatic rings. The average molecular weight is 1270 g/mol. The van der Waals surface area contributed by atoms with E-state index >= 15 is 0 Å². The van der Waals surface area contributed by atoms with Gasteiger partial charge in [-0.2, -0.15) is 0 Å². The van der Waals surface area contributed by atoms with Crippen LogP contribution in [0.5, 0.6) is 0 Å². The van der Waals surface area contributed by atoms with E-state index in [9.17, 15) is 43.2 Å². The smallest absolute Gasteiger partial charge is 0.335 e. The third-order valence-corrected chi connectivity index (χ3v) is 18.3. The van der Waals surface area contributed by atoms with Crippen LogP contribution in [0.2, 0.25) is 0 Å². The Morgan fingerprint density at radius 2 is 0.880 bits per heavy atom. The summed E-state index contributed by atoms with van der Waals surface area (Å²) in [6, 6.07) is 22.6. The molecule has 5 N–H and O–H groups in total. The van der Waals surface area contributed by atoms with E-state index in [1.165, 1.54) is 125 Å². The van der Waals surface area contributed by atoms with Crippen LogP contribution in [-0.2, 0) is 48.0 Å². The van der Waals surface area contributed by atoms with Crippen LogP contribution >= 0.6 is 11.8 Å². The van der Waals surface area contributed by atoms with E-state index in [1.807, 2.05) is 67.6 Å². The standard InChI is InChI=1S/C26H35N3O3S.C24H28N2O3.C17H20O2.C8H11NO2/c1-26(12-5-3-2-4-6-13-26)19-20-8-10-21(11-9-20)24(31)28-15-7-16-29-23(30)18-22(25(29)32)33-17-14-27;1-24(14-5-3-2-4-6-15-24)18-19-8-10-20(11-9-19)23(29)25-16-7-17-26-21(27)12-13-22(26)28;1-17(11-5-3-2-4-6-12-17)13-14-7-9-15(10-8-14)16(18)19;1-2-3-6-9-7(10)4-5-8(9)11/h8-11,22H,2-5,7,12,14-19,27H2,1H3,(H,28,31);8-13H,2-5,7,14,16-18H2,1H3,(H,25,29);7-10H,2-5,11,13H2,1H3,(H,18,19);4-5H,2-3,6H2,1H3. The first kappa shape index (κ1) is 73.0. The lowest BCUT2D eigenvalue weighted by atomic mass is 9.78. The topological polar surface area (TPSA) is 234 Å². The molecule has 4 atom stereocenters. The first-order chi connectivity index (χ1) is 44.2. The number of imide groups is 3. The van der Waals surface area contributed by atoms with Gasteiger partial charge in [0.15, 0.2) is 0 Å². The van der Waals surface area contributed by atoms with Crippen molar-refractivity contribution >= 4 is 65.0 Å². The molecule has 1 saturated heterocycles. The number of hydrogen-bond donors (Lipinski definition) is 4. The first-order valence-corrected chi connectivity index (χ1v) is 34.1. The summed E-state index contributed by atoms with van der Waals surface area (Å²) in [5.74, 6) is 18.6. The quantitative estimate of drug-likeness (QED) is 0.0394. The van der Waals surface area contributed by atoms with Gasteiger partial charge in [-0.1, -0.05) is 106 Å². The molecule has 1 fully saturated rings. The highest BCUT2D eigenvalue weighted by atomic mass is 32.2. The number of nitrogens with one attached hydrogen (secondary N) is 2. The molecule has 6 aliphatic rings. The lowest BCUT2D eigenvalue weighted by molar-refractivity contribution is -0.139. The summed E-state index contributed by atoms with van der Waals surface area (Å²) in [4.78, 5) is 109. The minimum absolute atomic E-state index is 0.00347. The van der Waals surface area contributed by atoms with Gasteiger partial charge in [-0.3, -0.25) is 53.1 Å². The highest BCUT2D eigenvalue weighted by molar-refractivity contribution is 8.00. The zero-order valence-corrected chi connectivity index (χ0v) is 55.3. The number of carbonyl (C=O) groups is 9. The van der Waals surface area contributed by atoms with Crippen LogP contribution in [0, 0.1) is 51.8 Å². The molecule has 3 aromatic carbocycles. The largest absolute Gasteiger partial charge is 0.478 e. The SMILES string of the molecule is CC1(Cc2ccc(C(=O)NCCCN3C(=O)C=CC3=O)cc2)C#CCCCCC1.CC1(Cc2ccc(C(=O)NCCCN3C(=O)CC(SCCN)C3=O)cc2)C#CCCCCC1.CC1(Cc2ccc(C(=O)O)cc2)C#CCCCCC1.CCCCN1C(=O)C=CC1=O. The van der Waals surface area contributed by atoms with E-state index in [0.29, 0.717) is 74.6 Å². The van der Waals surface area contributed by atoms with Crippen LogP contribution in [-0.4, -0.2) is 123 Å². The number of hydrogen-bond acceptors (Lipinski definition) is 11. The fourth-order valence-corrected chi connectivity index (χ4v) is 12.7. The maximum Gasteiger partial charge on any atom is 0.335 e. The van der Waals surface area contributed by atoms with Crippen molar-refractivity contribution in [3.05, 3.63) is 130 Å². The van der Waals surface area contributed by atoms with Crippen molar-refractivity contribution in [3.8, 4) is 35.5 Å². The second-order valence-corrected chi connectivity index (χ2v) is 26.6. The van der Waals surface area contributed by atoms with Crippen molar-refractivity contribution in [2.75, 3.05) is 45.0 Å². The Labute approximate surface area is 549 Å². The highest BCUT2D eigenvalue weighted by Crippen LogP contribution is 2.33. The number of carboxylic acid groups (broad SMARTS) is 1. The van der Waals surface area contributed by atoms with E-state index in [1.54, 1.807) is 12.1 Å². The van der Waals surface area contributed by atoms with Gasteiger partial charge in [0.1, 0.15) is 0 Å². The van der Waals surface area contributed by atoms with Crippen molar-refractivity contribution < 1.29 is 48.3 Å². The van der Waals surface area contributed by atoms with Crippen LogP contribution in [0.25, 0.3) is 0 Å². The molecule has 3 aliphatic carbocycles. The molecule has 0 bridgehead atoms. The number of carboxylic acids is 1. The Balaban J connectivity index is 0.000000207. The Kier molecular flexibility index (Phi) is 29.7. The highest BCUT2D eigenvalue weighted by Gasteiger charge is 2.38. The molecule has 17 heteroatoms. The molecule has 0 saturated carbocycles. The minimum Gasteiger partial charge on any atom is -0.478 e. The van der Waals surface area contributed by atoms with Crippen molar-refractivity contribution in [2.45, 2.75) is 181 Å². The average Bonchev–Trinajstić information content (AvgIpc) is 1.53. The van der Waals surface area contributed by atoms with E-state index in [4.69, 9.17) is 10.8 Å². The maximum absolute atomic E-state index is 12.5. The molecule has 490 valence electrons. The third-order valence-electron chi connectivity index (χ3n) is 17.0. The summed E-state index contributed by atoms with van der Waals surface area (Å²) in [7, 11) is 0. The molecule has 9 rings (SSSR count). The normalized spacial score (nSPS) is 21.7. The summed E-state index contributed by atoms with van der Waals surface area (Å²) in [5, 5.41) is 14.3. The van der Waals surface area contributed by atoms with Gasteiger partial charge in [0.05, 0.1) is 10.8 Å². The summed E-state index contributed by atoms with van der Waals surface area (Å²) in [6.07, 6.45) is 28.4. The monoisotopic (exact) mass is 1270 g/mol. The zero-order valence-electron chi connectivity index (χ0n) is 54.5. The van der Waals surface area contributed by atoms with Crippen molar-refractivity contribution in [3.63, 3.8) is 0 Å². The second kappa shape index (κ2) is 37.5. The molecule has 4 unspecified atom stereocenters. The molecule has 3 heterocycles. The summed E-state index contributed by atoms with van der Waals surface area (Å²) in [6.45, 7) is 11.2. The van der Waals surface area contributed by atoms with E-state index in [-0.39, 0.29) is 75.2 Å². The fourth-order valence-electron chi connectivity index (χ4n) is 11.7. The van der Waals surface area contributed by atoms with Crippen LogP contribution in [0.15, 0.2) is 97.1 Å². The van der Waals surface area contributed by atoms with Gasteiger partial charge < -0.3 is 21.5 Å². The molecule has 92 heavy (non-hydrogen) atoms. The Morgan fingerprint density at radius 1 is 0.522 bits per heavy atom. The molecule has 0 spiro atoms. The minimum atomic E-state index is -0.872. The molecule has 16 nitrogen and oxygen atoms in total. The number of benzene rings is 3. The van der Waals surface area contributed by atoms with E-state index in [2.05, 4.69) is 66.9 Å². The molecule has 0 aromatic heterocycles. The van der Waals surface area contributed by atoms with Gasteiger partial charge in [0, 0.05) is 122 Å². The van der Waals surface area contributed by atoms with Gasteiger partial charge in [0.2, 0.25) is 11.8 Å². The van der Waals surface area contributed by atoms with Crippen LogP contribution in [0.1, 0.15) is 204 Å². The maximum atomic E-state index is 12.5. The van der Waals surface area contributed by atoms with E-state index in [0.717, 1.165) is 70.6 Å². The van der Waals surface area contributed by atoms with E-state index < -0.39 is 5.97 Å². The number of likely N-dealkylation sites (tertiary alicyclic amines) is 1. The number of rotatable bonds is 23. The summed E-state index contributed by atoms with van der Waals surface area (Å²) in [5.41, 5.74) is 10.6. The number of amides is 8. The lowest BCUT2D eigenvalue weighted by Crippen LogP contribution is -2.34. The lowest BCUT2D eigenvalue weighted by Gasteiger charge is -2.25. The van der Waals surface area contributed by atoms with Crippen LogP contribution in [0.3, 0.4) is 0 Å². The van der Waals surface area contributed by atoms with Gasteiger partial charge in [-0.25, -0.2) is 4.79 Å². The molecule has 3 aliphatic heterocycles. The molecular formula is C75H94N6O10S. The predicted molar refractivity (Wildman–Crippen MR) is 361 cm³/mol. The number of nitrogens with zero attached hydrogens (tertiary/aromatic N) is 3. The fraction of sp³-hybridized carbons (Fsp3) is 0.507. The first-order valence-electron chi connectivity index (χ1n) is 33.0. The van der Waals surface area contributed by atoms with Crippen molar-refractivity contribution in [1.29, 1.82) is 0 Å². The van der Waals surface area contributed by atoms with Crippen LogP contribution in [0.4, 0.5) is 0 Å². The number of aromatic carboxylic acids is 1. The number of carbonyl (C=O) groups excluding carboxylic acids is 8. The predicted octanol–water partition coefficient (Wildman–Crippen LogP) is 11.0. The Hall–Kier alpha value is -8.04. The number of thioether (sulfide) groups is 1.